The lowest BCUT2D eigenvalue weighted by molar-refractivity contribution is -0.141. The molecule has 0 spiro atoms. The van der Waals surface area contributed by atoms with Crippen LogP contribution in [0.1, 0.15) is 23.1 Å². The standard InChI is InChI=1S/C27H27ClN2O4/c1-29-27(32)23(15-19-6-3-2-4-7-19)30(17-21-8-5-9-22(28)14-21)26(31)13-11-20-10-12-24-25(16-20)34-18-33-24/h2-10,12,14,16,23H,11,13,15,17-18H2,1H3,(H,29,32)/t23-/m0/s1. The number of carbonyl (C=O) groups is 2. The number of fused-ring (bicyclic) bond motifs is 1. The Morgan fingerprint density at radius 3 is 2.47 bits per heavy atom. The minimum atomic E-state index is -0.657. The summed E-state index contributed by atoms with van der Waals surface area (Å²) in [6.07, 6.45) is 1.19. The van der Waals surface area contributed by atoms with Crippen LogP contribution >= 0.6 is 11.6 Å². The number of rotatable bonds is 9. The highest BCUT2D eigenvalue weighted by Crippen LogP contribution is 2.33. The predicted molar refractivity (Wildman–Crippen MR) is 131 cm³/mol. The lowest BCUT2D eigenvalue weighted by Gasteiger charge is -2.31. The molecule has 0 bridgehead atoms. The number of likely N-dealkylation sites (N-methyl/N-ethyl adjacent to an activating group) is 1. The largest absolute Gasteiger partial charge is 0.454 e. The van der Waals surface area contributed by atoms with Gasteiger partial charge in [0.15, 0.2) is 11.5 Å². The summed E-state index contributed by atoms with van der Waals surface area (Å²) in [5.41, 5.74) is 2.82. The monoisotopic (exact) mass is 478 g/mol. The van der Waals surface area contributed by atoms with Crippen molar-refractivity contribution >= 4 is 23.4 Å². The minimum Gasteiger partial charge on any atom is -0.454 e. The molecule has 3 aromatic rings. The summed E-state index contributed by atoms with van der Waals surface area (Å²) in [5, 5.41) is 3.32. The number of nitrogens with one attached hydrogen (secondary N) is 1. The van der Waals surface area contributed by atoms with Crippen molar-refractivity contribution in [1.82, 2.24) is 10.2 Å². The maximum Gasteiger partial charge on any atom is 0.242 e. The predicted octanol–water partition coefficient (Wildman–Crippen LogP) is 4.39. The average molecular weight is 479 g/mol. The molecule has 6 nitrogen and oxygen atoms in total. The fourth-order valence-electron chi connectivity index (χ4n) is 4.04. The van der Waals surface area contributed by atoms with Crippen LogP contribution in [0.4, 0.5) is 0 Å². The Labute approximate surface area is 204 Å². The summed E-state index contributed by atoms with van der Waals surface area (Å²) >= 11 is 6.19. The first-order chi connectivity index (χ1) is 16.5. The van der Waals surface area contributed by atoms with Crippen molar-refractivity contribution in [3.05, 3.63) is 94.5 Å². The maximum absolute atomic E-state index is 13.5. The molecule has 1 heterocycles. The van der Waals surface area contributed by atoms with Crippen LogP contribution in [0, 0.1) is 0 Å². The van der Waals surface area contributed by atoms with E-state index in [4.69, 9.17) is 21.1 Å². The number of benzene rings is 3. The van der Waals surface area contributed by atoms with Gasteiger partial charge in [-0.05, 0) is 47.4 Å². The van der Waals surface area contributed by atoms with Crippen LogP contribution in [0.25, 0.3) is 0 Å². The lowest BCUT2D eigenvalue weighted by Crippen LogP contribution is -2.49. The Morgan fingerprint density at radius 2 is 1.71 bits per heavy atom. The highest BCUT2D eigenvalue weighted by atomic mass is 35.5. The summed E-state index contributed by atoms with van der Waals surface area (Å²) in [4.78, 5) is 28.2. The fourth-order valence-corrected chi connectivity index (χ4v) is 4.26. The molecule has 7 heteroatoms. The molecule has 0 saturated carbocycles. The third-order valence-electron chi connectivity index (χ3n) is 5.82. The highest BCUT2D eigenvalue weighted by Gasteiger charge is 2.29. The van der Waals surface area contributed by atoms with Gasteiger partial charge in [0.2, 0.25) is 18.6 Å². The summed E-state index contributed by atoms with van der Waals surface area (Å²) in [7, 11) is 1.59. The minimum absolute atomic E-state index is 0.109. The van der Waals surface area contributed by atoms with Gasteiger partial charge in [-0.1, -0.05) is 60.1 Å². The summed E-state index contributed by atoms with van der Waals surface area (Å²) in [5.74, 6) is 1.08. The molecule has 34 heavy (non-hydrogen) atoms. The molecule has 0 aromatic heterocycles. The zero-order chi connectivity index (χ0) is 23.9. The second-order valence-electron chi connectivity index (χ2n) is 8.16. The number of halogens is 1. The van der Waals surface area contributed by atoms with Gasteiger partial charge in [0.05, 0.1) is 0 Å². The summed E-state index contributed by atoms with van der Waals surface area (Å²) in [6.45, 7) is 0.490. The van der Waals surface area contributed by atoms with Gasteiger partial charge in [0.25, 0.3) is 0 Å². The van der Waals surface area contributed by atoms with Crippen molar-refractivity contribution in [1.29, 1.82) is 0 Å². The first-order valence-corrected chi connectivity index (χ1v) is 11.6. The van der Waals surface area contributed by atoms with Crippen molar-refractivity contribution in [3.63, 3.8) is 0 Å². The molecule has 0 aliphatic carbocycles. The van der Waals surface area contributed by atoms with E-state index in [1.165, 1.54) is 0 Å². The zero-order valence-electron chi connectivity index (χ0n) is 19.0. The molecule has 3 aromatic carbocycles. The Hall–Kier alpha value is -3.51. The van der Waals surface area contributed by atoms with E-state index >= 15 is 0 Å². The van der Waals surface area contributed by atoms with Crippen molar-refractivity contribution in [2.75, 3.05) is 13.8 Å². The molecule has 1 aliphatic heterocycles. The van der Waals surface area contributed by atoms with Gasteiger partial charge in [0.1, 0.15) is 6.04 Å². The van der Waals surface area contributed by atoms with Crippen molar-refractivity contribution in [2.24, 2.45) is 0 Å². The molecule has 0 saturated heterocycles. The van der Waals surface area contributed by atoms with Gasteiger partial charge in [0, 0.05) is 31.5 Å². The Morgan fingerprint density at radius 1 is 0.941 bits per heavy atom. The maximum atomic E-state index is 13.5. The van der Waals surface area contributed by atoms with Crippen LogP contribution < -0.4 is 14.8 Å². The Kier molecular flexibility index (Phi) is 7.70. The highest BCUT2D eigenvalue weighted by molar-refractivity contribution is 6.30. The molecule has 0 radical (unpaired) electrons. The zero-order valence-corrected chi connectivity index (χ0v) is 19.8. The van der Waals surface area contributed by atoms with E-state index in [1.807, 2.05) is 66.7 Å². The third kappa shape index (κ3) is 5.88. The van der Waals surface area contributed by atoms with Gasteiger partial charge < -0.3 is 19.7 Å². The molecule has 0 unspecified atom stereocenters. The molecule has 2 amide bonds. The molecule has 1 aliphatic rings. The van der Waals surface area contributed by atoms with Crippen LogP contribution in [0.5, 0.6) is 11.5 Å². The smallest absolute Gasteiger partial charge is 0.242 e. The molecule has 176 valence electrons. The van der Waals surface area contributed by atoms with Crippen LogP contribution in [0.15, 0.2) is 72.8 Å². The van der Waals surface area contributed by atoms with E-state index in [2.05, 4.69) is 5.32 Å². The van der Waals surface area contributed by atoms with Gasteiger partial charge in [-0.2, -0.15) is 0 Å². The van der Waals surface area contributed by atoms with Crippen molar-refractivity contribution in [2.45, 2.75) is 31.8 Å². The van der Waals surface area contributed by atoms with E-state index in [0.717, 1.165) is 16.7 Å². The Balaban J connectivity index is 1.57. The molecule has 1 atom stereocenters. The van der Waals surface area contributed by atoms with E-state index in [9.17, 15) is 9.59 Å². The topological polar surface area (TPSA) is 67.9 Å². The lowest BCUT2D eigenvalue weighted by atomic mass is 10.0. The van der Waals surface area contributed by atoms with Gasteiger partial charge in [-0.15, -0.1) is 0 Å². The van der Waals surface area contributed by atoms with Crippen LogP contribution in [0.2, 0.25) is 5.02 Å². The Bertz CT molecular complexity index is 1150. The van der Waals surface area contributed by atoms with E-state index < -0.39 is 6.04 Å². The van der Waals surface area contributed by atoms with E-state index in [-0.39, 0.29) is 31.6 Å². The third-order valence-corrected chi connectivity index (χ3v) is 6.06. The number of hydrogen-bond acceptors (Lipinski definition) is 4. The number of nitrogens with zero attached hydrogens (tertiary/aromatic N) is 1. The SMILES string of the molecule is CNC(=O)[C@H](Cc1ccccc1)N(Cc1cccc(Cl)c1)C(=O)CCc1ccc2c(c1)OCO2. The van der Waals surface area contributed by atoms with Gasteiger partial charge >= 0.3 is 0 Å². The van der Waals surface area contributed by atoms with Crippen molar-refractivity contribution in [3.8, 4) is 11.5 Å². The number of aryl methyl sites for hydroxylation is 1. The van der Waals surface area contributed by atoms with E-state index in [1.54, 1.807) is 18.0 Å². The number of carbonyl (C=O) groups excluding carboxylic acids is 2. The number of amides is 2. The number of hydrogen-bond donors (Lipinski definition) is 1. The van der Waals surface area contributed by atoms with Crippen LogP contribution in [-0.4, -0.2) is 36.6 Å². The molecule has 0 fully saturated rings. The molecular weight excluding hydrogens is 452 g/mol. The van der Waals surface area contributed by atoms with Crippen molar-refractivity contribution < 1.29 is 19.1 Å². The van der Waals surface area contributed by atoms with E-state index in [0.29, 0.717) is 29.4 Å². The second-order valence-corrected chi connectivity index (χ2v) is 8.60. The first-order valence-electron chi connectivity index (χ1n) is 11.2. The normalized spacial score (nSPS) is 12.8. The molecule has 4 rings (SSSR count). The average Bonchev–Trinajstić information content (AvgIpc) is 3.33. The van der Waals surface area contributed by atoms with Gasteiger partial charge in [-0.3, -0.25) is 9.59 Å². The molecular formula is C27H27ClN2O4. The van der Waals surface area contributed by atoms with Gasteiger partial charge in [-0.25, -0.2) is 0 Å². The summed E-state index contributed by atoms with van der Waals surface area (Å²) < 4.78 is 10.8. The fraction of sp³-hybridized carbons (Fsp3) is 0.259. The van der Waals surface area contributed by atoms with Crippen LogP contribution in [0.3, 0.4) is 0 Å². The first kappa shape index (κ1) is 23.6. The molecule has 1 N–H and O–H groups in total. The van der Waals surface area contributed by atoms with Crippen LogP contribution in [-0.2, 0) is 29.0 Å². The summed E-state index contributed by atoms with van der Waals surface area (Å²) in [6, 6.07) is 22.1. The number of ether oxygens (including phenoxy) is 2. The quantitative estimate of drug-likeness (QED) is 0.495. The second kappa shape index (κ2) is 11.1.